The van der Waals surface area contributed by atoms with Gasteiger partial charge in [-0.15, -0.1) is 11.3 Å². The third-order valence-corrected chi connectivity index (χ3v) is 4.80. The van der Waals surface area contributed by atoms with Gasteiger partial charge in [-0.2, -0.15) is 11.8 Å². The molecule has 0 aromatic carbocycles. The zero-order valence-corrected chi connectivity index (χ0v) is 11.3. The fourth-order valence-electron chi connectivity index (χ4n) is 1.79. The van der Waals surface area contributed by atoms with E-state index in [2.05, 4.69) is 27.0 Å². The molecule has 1 aliphatic heterocycles. The Morgan fingerprint density at radius 2 is 2.38 bits per heavy atom. The summed E-state index contributed by atoms with van der Waals surface area (Å²) in [5, 5.41) is 3.20. The Labute approximate surface area is 105 Å². The van der Waals surface area contributed by atoms with Crippen LogP contribution in [0.4, 0.5) is 0 Å². The van der Waals surface area contributed by atoms with Crippen molar-refractivity contribution < 1.29 is 0 Å². The lowest BCUT2D eigenvalue weighted by molar-refractivity contribution is 0.284. The quantitative estimate of drug-likeness (QED) is 0.900. The van der Waals surface area contributed by atoms with Gasteiger partial charge >= 0.3 is 0 Å². The van der Waals surface area contributed by atoms with Crippen molar-refractivity contribution in [3.05, 3.63) is 16.1 Å². The van der Waals surface area contributed by atoms with Gasteiger partial charge in [0.05, 0.1) is 11.7 Å². The number of thioether (sulfide) groups is 1. The highest BCUT2D eigenvalue weighted by Crippen LogP contribution is 2.18. The standard InChI is InChI=1S/C11H19N3S2/c1-9(12)11-13-10(8-16-11)7-14-3-2-5-15-6-4-14/h8-9H,2-7,12H2,1H3. The van der Waals surface area contributed by atoms with Gasteiger partial charge in [0.2, 0.25) is 0 Å². The summed E-state index contributed by atoms with van der Waals surface area (Å²) < 4.78 is 0. The van der Waals surface area contributed by atoms with Gasteiger partial charge in [0, 0.05) is 24.2 Å². The molecule has 1 saturated heterocycles. The van der Waals surface area contributed by atoms with Gasteiger partial charge in [0.25, 0.3) is 0 Å². The average Bonchev–Trinajstić information content (AvgIpc) is 2.56. The lowest BCUT2D eigenvalue weighted by atomic mass is 10.3. The molecule has 0 aliphatic carbocycles. The molecule has 1 aromatic rings. The van der Waals surface area contributed by atoms with E-state index in [1.807, 2.05) is 6.92 Å². The van der Waals surface area contributed by atoms with Gasteiger partial charge in [-0.05, 0) is 25.6 Å². The predicted octanol–water partition coefficient (Wildman–Crippen LogP) is 2.10. The van der Waals surface area contributed by atoms with Crippen LogP contribution in [0.1, 0.15) is 30.1 Å². The first-order valence-electron chi connectivity index (χ1n) is 5.75. The molecule has 2 rings (SSSR count). The molecule has 1 fully saturated rings. The summed E-state index contributed by atoms with van der Waals surface area (Å²) in [6.45, 7) is 5.38. The first-order valence-corrected chi connectivity index (χ1v) is 7.79. The fraction of sp³-hybridized carbons (Fsp3) is 0.727. The van der Waals surface area contributed by atoms with E-state index < -0.39 is 0 Å². The van der Waals surface area contributed by atoms with Crippen LogP contribution < -0.4 is 5.73 Å². The summed E-state index contributed by atoms with van der Waals surface area (Å²) >= 11 is 3.74. The molecule has 0 spiro atoms. The monoisotopic (exact) mass is 257 g/mol. The molecule has 1 aromatic heterocycles. The van der Waals surface area contributed by atoms with Crippen LogP contribution in [0.5, 0.6) is 0 Å². The molecule has 16 heavy (non-hydrogen) atoms. The minimum atomic E-state index is 0.0680. The number of nitrogens with zero attached hydrogens (tertiary/aromatic N) is 2. The zero-order chi connectivity index (χ0) is 11.4. The minimum absolute atomic E-state index is 0.0680. The summed E-state index contributed by atoms with van der Waals surface area (Å²) in [4.78, 5) is 7.08. The van der Waals surface area contributed by atoms with Crippen molar-refractivity contribution in [2.24, 2.45) is 5.73 Å². The normalized spacial score (nSPS) is 20.6. The lowest BCUT2D eigenvalue weighted by Crippen LogP contribution is -2.25. The molecule has 0 saturated carbocycles. The third-order valence-electron chi connectivity index (χ3n) is 2.66. The molecule has 0 radical (unpaired) electrons. The van der Waals surface area contributed by atoms with Crippen LogP contribution in [0.25, 0.3) is 0 Å². The summed E-state index contributed by atoms with van der Waals surface area (Å²) in [6.07, 6.45) is 1.30. The molecule has 90 valence electrons. The number of aromatic nitrogens is 1. The molecule has 1 unspecified atom stereocenters. The second kappa shape index (κ2) is 6.00. The molecule has 5 heteroatoms. The summed E-state index contributed by atoms with van der Waals surface area (Å²) in [5.41, 5.74) is 7.00. The topological polar surface area (TPSA) is 42.1 Å². The Balaban J connectivity index is 1.91. The van der Waals surface area contributed by atoms with E-state index in [0.717, 1.165) is 11.6 Å². The first-order chi connectivity index (χ1) is 7.75. The van der Waals surface area contributed by atoms with Gasteiger partial charge in [-0.3, -0.25) is 4.90 Å². The van der Waals surface area contributed by atoms with Crippen molar-refractivity contribution in [2.45, 2.75) is 25.9 Å². The van der Waals surface area contributed by atoms with Gasteiger partial charge in [0.15, 0.2) is 0 Å². The van der Waals surface area contributed by atoms with Gasteiger partial charge in [-0.25, -0.2) is 4.98 Å². The number of hydrogen-bond acceptors (Lipinski definition) is 5. The van der Waals surface area contributed by atoms with Crippen LogP contribution in [0.2, 0.25) is 0 Å². The number of nitrogens with two attached hydrogens (primary N) is 1. The SMILES string of the molecule is CC(N)c1nc(CN2CCCSCC2)cs1. The molecule has 3 nitrogen and oxygen atoms in total. The minimum Gasteiger partial charge on any atom is -0.322 e. The van der Waals surface area contributed by atoms with Crippen LogP contribution in [-0.2, 0) is 6.54 Å². The van der Waals surface area contributed by atoms with Gasteiger partial charge in [0.1, 0.15) is 5.01 Å². The summed E-state index contributed by atoms with van der Waals surface area (Å²) in [6, 6.07) is 0.0680. The highest BCUT2D eigenvalue weighted by atomic mass is 32.2. The second-order valence-electron chi connectivity index (χ2n) is 4.21. The van der Waals surface area contributed by atoms with Crippen molar-refractivity contribution in [1.29, 1.82) is 0 Å². The first kappa shape index (κ1) is 12.4. The van der Waals surface area contributed by atoms with Crippen molar-refractivity contribution in [1.82, 2.24) is 9.88 Å². The van der Waals surface area contributed by atoms with Crippen LogP contribution in [-0.4, -0.2) is 34.5 Å². The molecule has 2 N–H and O–H groups in total. The van der Waals surface area contributed by atoms with Crippen LogP contribution in [0, 0.1) is 0 Å². The van der Waals surface area contributed by atoms with Crippen molar-refractivity contribution in [2.75, 3.05) is 24.6 Å². The molecule has 2 heterocycles. The van der Waals surface area contributed by atoms with Crippen molar-refractivity contribution >= 4 is 23.1 Å². The Morgan fingerprint density at radius 1 is 1.50 bits per heavy atom. The summed E-state index contributed by atoms with van der Waals surface area (Å²) in [7, 11) is 0. The Morgan fingerprint density at radius 3 is 3.12 bits per heavy atom. The van der Waals surface area contributed by atoms with Gasteiger partial charge in [-0.1, -0.05) is 0 Å². The molecule has 0 amide bonds. The number of rotatable bonds is 3. The molecule has 1 atom stereocenters. The highest BCUT2D eigenvalue weighted by molar-refractivity contribution is 7.99. The maximum atomic E-state index is 5.82. The van der Waals surface area contributed by atoms with E-state index in [4.69, 9.17) is 5.73 Å². The molecular formula is C11H19N3S2. The average molecular weight is 257 g/mol. The highest BCUT2D eigenvalue weighted by Gasteiger charge is 2.12. The van der Waals surface area contributed by atoms with Crippen molar-refractivity contribution in [3.63, 3.8) is 0 Å². The Bertz CT molecular complexity index is 317. The summed E-state index contributed by atoms with van der Waals surface area (Å²) in [5.74, 6) is 2.56. The Hall–Kier alpha value is -0.100. The third kappa shape index (κ3) is 3.45. The number of thiazole rings is 1. The second-order valence-corrected chi connectivity index (χ2v) is 6.32. The number of hydrogen-bond donors (Lipinski definition) is 1. The van der Waals surface area contributed by atoms with Crippen LogP contribution in [0.15, 0.2) is 5.38 Å². The van der Waals surface area contributed by atoms with E-state index in [1.54, 1.807) is 11.3 Å². The lowest BCUT2D eigenvalue weighted by Gasteiger charge is -2.17. The Kier molecular flexibility index (Phi) is 4.64. The van der Waals surface area contributed by atoms with E-state index >= 15 is 0 Å². The molecule has 1 aliphatic rings. The van der Waals surface area contributed by atoms with Crippen molar-refractivity contribution in [3.8, 4) is 0 Å². The maximum Gasteiger partial charge on any atom is 0.109 e. The zero-order valence-electron chi connectivity index (χ0n) is 9.69. The van der Waals surface area contributed by atoms with Crippen LogP contribution >= 0.6 is 23.1 Å². The van der Waals surface area contributed by atoms with Crippen LogP contribution in [0.3, 0.4) is 0 Å². The smallest absolute Gasteiger partial charge is 0.109 e. The fourth-order valence-corrected chi connectivity index (χ4v) is 3.48. The maximum absolute atomic E-state index is 5.82. The van der Waals surface area contributed by atoms with E-state index in [-0.39, 0.29) is 6.04 Å². The van der Waals surface area contributed by atoms with Gasteiger partial charge < -0.3 is 5.73 Å². The molecular weight excluding hydrogens is 238 g/mol. The molecule has 0 bridgehead atoms. The van der Waals surface area contributed by atoms with E-state index in [9.17, 15) is 0 Å². The predicted molar refractivity (Wildman–Crippen MR) is 71.9 cm³/mol. The van der Waals surface area contributed by atoms with E-state index in [1.165, 1.54) is 36.7 Å². The largest absolute Gasteiger partial charge is 0.322 e. The van der Waals surface area contributed by atoms with E-state index in [0.29, 0.717) is 0 Å².